The van der Waals surface area contributed by atoms with Crippen molar-refractivity contribution in [2.24, 2.45) is 0 Å². The largest absolute Gasteiger partial charge is 0.456 e. The van der Waals surface area contributed by atoms with Crippen LogP contribution in [0.1, 0.15) is 0 Å². The molecule has 0 bridgehead atoms. The second kappa shape index (κ2) is 10.2. The van der Waals surface area contributed by atoms with E-state index in [1.54, 1.807) is 11.3 Å². The van der Waals surface area contributed by atoms with Crippen LogP contribution in [-0.4, -0.2) is 19.9 Å². The predicted octanol–water partition coefficient (Wildman–Crippen LogP) is 10.9. The van der Waals surface area contributed by atoms with Gasteiger partial charge in [0.1, 0.15) is 27.3 Å². The van der Waals surface area contributed by atoms with Gasteiger partial charge in [-0.2, -0.15) is 0 Å². The Kier molecular flexibility index (Phi) is 5.64. The molecule has 0 radical (unpaired) electrons. The molecule has 0 saturated heterocycles. The van der Waals surface area contributed by atoms with Gasteiger partial charge in [-0.3, -0.25) is 0 Å². The van der Waals surface area contributed by atoms with Crippen LogP contribution in [-0.2, 0) is 0 Å². The molecule has 0 aliphatic rings. The van der Waals surface area contributed by atoms with Crippen LogP contribution in [0.5, 0.6) is 0 Å². The summed E-state index contributed by atoms with van der Waals surface area (Å²) in [6.07, 6.45) is 0. The first-order valence-corrected chi connectivity index (χ1v) is 16.1. The summed E-state index contributed by atoms with van der Waals surface area (Å²) in [5.41, 5.74) is 7.70. The summed E-state index contributed by atoms with van der Waals surface area (Å²) >= 11 is 1.67. The maximum Gasteiger partial charge on any atom is 0.167 e. The number of nitrogens with zero attached hydrogens (tertiary/aromatic N) is 4. The van der Waals surface area contributed by atoms with Gasteiger partial charge < -0.3 is 8.83 Å². The Morgan fingerprint density at radius 1 is 0.447 bits per heavy atom. The van der Waals surface area contributed by atoms with Gasteiger partial charge in [0.25, 0.3) is 0 Å². The predicted molar refractivity (Wildman–Crippen MR) is 189 cm³/mol. The fourth-order valence-corrected chi connectivity index (χ4v) is 7.38. The van der Waals surface area contributed by atoms with E-state index in [4.69, 9.17) is 28.8 Å². The van der Waals surface area contributed by atoms with Crippen molar-refractivity contribution in [2.75, 3.05) is 0 Å². The van der Waals surface area contributed by atoms with Crippen molar-refractivity contribution in [2.45, 2.75) is 0 Å². The van der Waals surface area contributed by atoms with Crippen LogP contribution in [0.3, 0.4) is 0 Å². The Hall–Kier alpha value is -6.18. The van der Waals surface area contributed by atoms with Crippen LogP contribution in [0.15, 0.2) is 142 Å². The number of benzene rings is 6. The minimum Gasteiger partial charge on any atom is -0.456 e. The van der Waals surface area contributed by atoms with E-state index in [1.807, 2.05) is 97.1 Å². The summed E-state index contributed by atoms with van der Waals surface area (Å²) in [5, 5.41) is 5.00. The zero-order valence-corrected chi connectivity index (χ0v) is 25.5. The fraction of sp³-hybridized carbons (Fsp3) is 0. The average molecular weight is 623 g/mol. The number of furan rings is 2. The summed E-state index contributed by atoms with van der Waals surface area (Å²) < 4.78 is 13.8. The van der Waals surface area contributed by atoms with Crippen LogP contribution < -0.4 is 0 Å². The van der Waals surface area contributed by atoms with Crippen molar-refractivity contribution in [3.05, 3.63) is 133 Å². The Morgan fingerprint density at radius 2 is 1.09 bits per heavy atom. The highest BCUT2D eigenvalue weighted by molar-refractivity contribution is 7.21. The van der Waals surface area contributed by atoms with Gasteiger partial charge in [0.2, 0.25) is 0 Å². The van der Waals surface area contributed by atoms with E-state index in [2.05, 4.69) is 36.4 Å². The minimum atomic E-state index is 0.532. The Labute approximate surface area is 271 Å². The number of rotatable bonds is 4. The van der Waals surface area contributed by atoms with Crippen molar-refractivity contribution in [3.63, 3.8) is 0 Å². The van der Waals surface area contributed by atoms with Crippen LogP contribution in [0.2, 0.25) is 0 Å². The molecule has 0 N–H and O–H groups in total. The molecule has 6 aromatic carbocycles. The van der Waals surface area contributed by atoms with E-state index in [-0.39, 0.29) is 0 Å². The van der Waals surface area contributed by atoms with E-state index in [0.717, 1.165) is 81.4 Å². The lowest BCUT2D eigenvalue weighted by Crippen LogP contribution is -2.00. The number of para-hydroxylation sites is 4. The van der Waals surface area contributed by atoms with E-state index < -0.39 is 0 Å². The molecule has 0 amide bonds. The third kappa shape index (κ3) is 4.17. The standard InChI is InChI=1S/C40H22N4O2S/c1-4-18-31-25(12-1)26-14-8-16-29(36(26)46-31)39-43-37(23-10-7-11-24(22-23)40-41-30-17-3-6-21-34(30)47-40)42-38(44-39)28-15-9-20-33-35(28)27-13-2-5-19-32(27)45-33/h1-22H. The van der Waals surface area contributed by atoms with Crippen molar-refractivity contribution >= 4 is 65.4 Å². The van der Waals surface area contributed by atoms with Crippen LogP contribution in [0.4, 0.5) is 0 Å². The molecule has 0 aliphatic carbocycles. The quantitative estimate of drug-likeness (QED) is 0.194. The summed E-state index contributed by atoms with van der Waals surface area (Å²) in [5.74, 6) is 1.65. The van der Waals surface area contributed by atoms with Gasteiger partial charge in [0, 0.05) is 38.2 Å². The molecule has 10 rings (SSSR count). The van der Waals surface area contributed by atoms with Crippen LogP contribution in [0.25, 0.3) is 98.8 Å². The lowest BCUT2D eigenvalue weighted by molar-refractivity contribution is 0.668. The molecule has 0 spiro atoms. The molecule has 0 aliphatic heterocycles. The van der Waals surface area contributed by atoms with Gasteiger partial charge in [-0.05, 0) is 42.5 Å². The van der Waals surface area contributed by atoms with Crippen molar-refractivity contribution in [1.29, 1.82) is 0 Å². The zero-order chi connectivity index (χ0) is 30.9. The van der Waals surface area contributed by atoms with Crippen molar-refractivity contribution in [1.82, 2.24) is 19.9 Å². The Balaban J connectivity index is 1.23. The van der Waals surface area contributed by atoms with E-state index in [9.17, 15) is 0 Å². The molecule has 47 heavy (non-hydrogen) atoms. The van der Waals surface area contributed by atoms with Crippen LogP contribution in [0, 0.1) is 0 Å². The molecular formula is C40H22N4O2S. The number of fused-ring (bicyclic) bond motifs is 7. The topological polar surface area (TPSA) is 77.8 Å². The maximum absolute atomic E-state index is 6.43. The molecule has 4 heterocycles. The van der Waals surface area contributed by atoms with Gasteiger partial charge in [0.05, 0.1) is 15.8 Å². The first-order chi connectivity index (χ1) is 23.3. The van der Waals surface area contributed by atoms with E-state index in [0.29, 0.717) is 17.5 Å². The van der Waals surface area contributed by atoms with Gasteiger partial charge in [-0.25, -0.2) is 19.9 Å². The summed E-state index contributed by atoms with van der Waals surface area (Å²) in [6.45, 7) is 0. The second-order valence-electron chi connectivity index (χ2n) is 11.4. The molecule has 0 atom stereocenters. The Morgan fingerprint density at radius 3 is 1.98 bits per heavy atom. The van der Waals surface area contributed by atoms with Crippen molar-refractivity contribution < 1.29 is 8.83 Å². The molecule has 6 nitrogen and oxygen atoms in total. The highest BCUT2D eigenvalue weighted by atomic mass is 32.1. The summed E-state index contributed by atoms with van der Waals surface area (Å²) in [7, 11) is 0. The Bertz CT molecular complexity index is 2800. The fourth-order valence-electron chi connectivity index (χ4n) is 6.42. The van der Waals surface area contributed by atoms with Gasteiger partial charge in [-0.15, -0.1) is 11.3 Å². The molecule has 7 heteroatoms. The van der Waals surface area contributed by atoms with Crippen LogP contribution >= 0.6 is 11.3 Å². The molecular weight excluding hydrogens is 601 g/mol. The molecule has 0 fully saturated rings. The third-order valence-electron chi connectivity index (χ3n) is 8.59. The van der Waals surface area contributed by atoms with E-state index in [1.165, 1.54) is 0 Å². The molecule has 10 aromatic rings. The third-order valence-corrected chi connectivity index (χ3v) is 9.67. The van der Waals surface area contributed by atoms with Gasteiger partial charge in [-0.1, -0.05) is 91.0 Å². The first-order valence-electron chi connectivity index (χ1n) is 15.3. The SMILES string of the molecule is c1cc(-c2nc(-c3cccc4c3oc3ccccc34)nc(-c3cccc4oc5ccccc5c34)n2)cc(-c2nc3ccccc3s2)c1. The molecule has 220 valence electrons. The average Bonchev–Trinajstić information content (AvgIpc) is 3.85. The smallest absolute Gasteiger partial charge is 0.167 e. The van der Waals surface area contributed by atoms with Gasteiger partial charge >= 0.3 is 0 Å². The molecule has 0 unspecified atom stereocenters. The summed E-state index contributed by atoms with van der Waals surface area (Å²) in [4.78, 5) is 20.3. The van der Waals surface area contributed by atoms with E-state index >= 15 is 0 Å². The van der Waals surface area contributed by atoms with Crippen molar-refractivity contribution in [3.8, 4) is 44.7 Å². The normalized spacial score (nSPS) is 11.8. The zero-order valence-electron chi connectivity index (χ0n) is 24.7. The van der Waals surface area contributed by atoms with Gasteiger partial charge in [0.15, 0.2) is 17.5 Å². The number of hydrogen-bond acceptors (Lipinski definition) is 7. The lowest BCUT2D eigenvalue weighted by atomic mass is 10.0. The highest BCUT2D eigenvalue weighted by Crippen LogP contribution is 2.39. The number of aromatic nitrogens is 4. The number of hydrogen-bond donors (Lipinski definition) is 0. The molecule has 4 aromatic heterocycles. The maximum atomic E-state index is 6.43. The number of thiazole rings is 1. The molecule has 0 saturated carbocycles. The summed E-state index contributed by atoms with van der Waals surface area (Å²) in [6, 6.07) is 44.7. The first kappa shape index (κ1) is 26.1. The minimum absolute atomic E-state index is 0.532. The second-order valence-corrected chi connectivity index (χ2v) is 12.5. The monoisotopic (exact) mass is 622 g/mol. The lowest BCUT2D eigenvalue weighted by Gasteiger charge is -2.10. The highest BCUT2D eigenvalue weighted by Gasteiger charge is 2.20.